The van der Waals surface area contributed by atoms with E-state index < -0.39 is 6.04 Å². The SMILES string of the molecule is CC(NC(=O)COc1ccccc1)c1nc(-c2cccc(Cl)c2)no1. The fourth-order valence-corrected chi connectivity index (χ4v) is 2.36. The molecule has 6 nitrogen and oxygen atoms in total. The Balaban J connectivity index is 1.58. The second-order valence-electron chi connectivity index (χ2n) is 5.36. The zero-order valence-electron chi connectivity index (χ0n) is 13.5. The maximum Gasteiger partial charge on any atom is 0.258 e. The van der Waals surface area contributed by atoms with Gasteiger partial charge in [-0.3, -0.25) is 4.79 Å². The van der Waals surface area contributed by atoms with Crippen molar-refractivity contribution >= 4 is 17.5 Å². The van der Waals surface area contributed by atoms with Crippen molar-refractivity contribution in [3.8, 4) is 17.1 Å². The van der Waals surface area contributed by atoms with Gasteiger partial charge in [0.1, 0.15) is 11.8 Å². The lowest BCUT2D eigenvalue weighted by atomic mass is 10.2. The molecule has 0 radical (unpaired) electrons. The van der Waals surface area contributed by atoms with E-state index in [9.17, 15) is 4.79 Å². The second-order valence-corrected chi connectivity index (χ2v) is 5.79. The third kappa shape index (κ3) is 4.58. The van der Waals surface area contributed by atoms with Crippen molar-refractivity contribution in [2.75, 3.05) is 6.61 Å². The molecule has 0 saturated carbocycles. The van der Waals surface area contributed by atoms with Gasteiger partial charge in [-0.1, -0.05) is 47.1 Å². The van der Waals surface area contributed by atoms with Crippen LogP contribution in [0.3, 0.4) is 0 Å². The van der Waals surface area contributed by atoms with Crippen molar-refractivity contribution in [1.82, 2.24) is 15.5 Å². The number of hydrogen-bond donors (Lipinski definition) is 1. The molecule has 128 valence electrons. The number of benzene rings is 2. The Kier molecular flexibility index (Phi) is 5.30. The molecule has 3 rings (SSSR count). The number of nitrogens with one attached hydrogen (secondary N) is 1. The highest BCUT2D eigenvalue weighted by Gasteiger charge is 2.17. The molecule has 0 bridgehead atoms. The van der Waals surface area contributed by atoms with Crippen LogP contribution in [-0.4, -0.2) is 22.7 Å². The van der Waals surface area contributed by atoms with Gasteiger partial charge in [-0.15, -0.1) is 0 Å². The summed E-state index contributed by atoms with van der Waals surface area (Å²) in [5.41, 5.74) is 0.744. The normalized spacial score (nSPS) is 11.8. The van der Waals surface area contributed by atoms with E-state index in [0.717, 1.165) is 5.56 Å². The molecular weight excluding hydrogens is 342 g/mol. The Morgan fingerprint density at radius 2 is 2.04 bits per heavy atom. The summed E-state index contributed by atoms with van der Waals surface area (Å²) >= 11 is 5.96. The van der Waals surface area contributed by atoms with Gasteiger partial charge in [-0.25, -0.2) is 0 Å². The molecule has 0 aliphatic rings. The molecule has 1 unspecified atom stereocenters. The summed E-state index contributed by atoms with van der Waals surface area (Å²) < 4.78 is 10.6. The molecule has 7 heteroatoms. The number of ether oxygens (including phenoxy) is 1. The van der Waals surface area contributed by atoms with Gasteiger partial charge in [0, 0.05) is 10.6 Å². The Labute approximate surface area is 149 Å². The number of carbonyl (C=O) groups excluding carboxylic acids is 1. The Hall–Kier alpha value is -2.86. The van der Waals surface area contributed by atoms with Gasteiger partial charge in [-0.05, 0) is 31.2 Å². The number of hydrogen-bond acceptors (Lipinski definition) is 5. The third-order valence-corrected chi connectivity index (χ3v) is 3.62. The van der Waals surface area contributed by atoms with Crippen LogP contribution in [0.15, 0.2) is 59.1 Å². The first kappa shape index (κ1) is 17.0. The van der Waals surface area contributed by atoms with Gasteiger partial charge in [-0.2, -0.15) is 4.98 Å². The zero-order chi connectivity index (χ0) is 17.6. The van der Waals surface area contributed by atoms with Crippen molar-refractivity contribution in [3.05, 3.63) is 65.5 Å². The van der Waals surface area contributed by atoms with Crippen LogP contribution in [0.5, 0.6) is 5.75 Å². The number of halogens is 1. The van der Waals surface area contributed by atoms with E-state index in [1.54, 1.807) is 37.3 Å². The van der Waals surface area contributed by atoms with Crippen LogP contribution in [0.25, 0.3) is 11.4 Å². The summed E-state index contributed by atoms with van der Waals surface area (Å²) in [6.45, 7) is 1.67. The van der Waals surface area contributed by atoms with Crippen molar-refractivity contribution in [2.24, 2.45) is 0 Å². The van der Waals surface area contributed by atoms with Crippen LogP contribution in [0.1, 0.15) is 18.9 Å². The highest BCUT2D eigenvalue weighted by Crippen LogP contribution is 2.21. The molecule has 1 atom stereocenters. The average Bonchev–Trinajstić information content (AvgIpc) is 3.11. The molecule has 1 amide bonds. The molecular formula is C18H16ClN3O3. The summed E-state index contributed by atoms with van der Waals surface area (Å²) in [5, 5.41) is 7.26. The number of aromatic nitrogens is 2. The summed E-state index contributed by atoms with van der Waals surface area (Å²) in [6.07, 6.45) is 0. The third-order valence-electron chi connectivity index (χ3n) is 3.39. The molecule has 0 fully saturated rings. The van der Waals surface area contributed by atoms with Crippen LogP contribution in [0, 0.1) is 0 Å². The predicted molar refractivity (Wildman–Crippen MR) is 93.2 cm³/mol. The first-order valence-corrected chi connectivity index (χ1v) is 8.06. The summed E-state index contributed by atoms with van der Waals surface area (Å²) in [7, 11) is 0. The molecule has 1 heterocycles. The van der Waals surface area contributed by atoms with Crippen molar-refractivity contribution < 1.29 is 14.1 Å². The van der Waals surface area contributed by atoms with Crippen molar-refractivity contribution in [3.63, 3.8) is 0 Å². The van der Waals surface area contributed by atoms with Gasteiger partial charge >= 0.3 is 0 Å². The number of carbonyl (C=O) groups is 1. The number of rotatable bonds is 6. The second kappa shape index (κ2) is 7.81. The van der Waals surface area contributed by atoms with Crippen LogP contribution in [0.4, 0.5) is 0 Å². The van der Waals surface area contributed by atoms with Gasteiger partial charge in [0.25, 0.3) is 5.91 Å². The van der Waals surface area contributed by atoms with E-state index in [-0.39, 0.29) is 12.5 Å². The molecule has 1 aromatic heterocycles. The standard InChI is InChI=1S/C18H16ClN3O3/c1-12(20-16(23)11-24-15-8-3-2-4-9-15)18-21-17(22-25-18)13-6-5-7-14(19)10-13/h2-10,12H,11H2,1H3,(H,20,23). The molecule has 0 aliphatic heterocycles. The first-order valence-electron chi connectivity index (χ1n) is 7.68. The Morgan fingerprint density at radius 1 is 1.24 bits per heavy atom. The maximum atomic E-state index is 12.0. The fourth-order valence-electron chi connectivity index (χ4n) is 2.17. The van der Waals surface area contributed by atoms with E-state index in [2.05, 4.69) is 15.5 Å². The smallest absolute Gasteiger partial charge is 0.258 e. The molecule has 1 N–H and O–H groups in total. The highest BCUT2D eigenvalue weighted by atomic mass is 35.5. The average molecular weight is 358 g/mol. The van der Waals surface area contributed by atoms with Crippen LogP contribution >= 0.6 is 11.6 Å². The molecule has 0 spiro atoms. The van der Waals surface area contributed by atoms with Gasteiger partial charge in [0.05, 0.1) is 0 Å². The lowest BCUT2D eigenvalue weighted by Crippen LogP contribution is -2.31. The van der Waals surface area contributed by atoms with E-state index in [1.807, 2.05) is 24.3 Å². The van der Waals surface area contributed by atoms with E-state index in [4.69, 9.17) is 20.9 Å². The number of amides is 1. The topological polar surface area (TPSA) is 77.2 Å². The van der Waals surface area contributed by atoms with E-state index in [0.29, 0.717) is 22.5 Å². The minimum Gasteiger partial charge on any atom is -0.484 e. The predicted octanol–water partition coefficient (Wildman–Crippen LogP) is 3.65. The summed E-state index contributed by atoms with van der Waals surface area (Å²) in [4.78, 5) is 16.3. The van der Waals surface area contributed by atoms with Crippen LogP contribution < -0.4 is 10.1 Å². The minimum atomic E-state index is -0.438. The maximum absolute atomic E-state index is 12.0. The monoisotopic (exact) mass is 357 g/mol. The van der Waals surface area contributed by atoms with Crippen LogP contribution in [0.2, 0.25) is 5.02 Å². The largest absolute Gasteiger partial charge is 0.484 e. The van der Waals surface area contributed by atoms with Gasteiger partial charge in [0.2, 0.25) is 11.7 Å². The van der Waals surface area contributed by atoms with Crippen molar-refractivity contribution in [2.45, 2.75) is 13.0 Å². The number of para-hydroxylation sites is 1. The highest BCUT2D eigenvalue weighted by molar-refractivity contribution is 6.30. The first-order chi connectivity index (χ1) is 12.1. The number of nitrogens with zero attached hydrogens (tertiary/aromatic N) is 2. The Morgan fingerprint density at radius 3 is 2.80 bits per heavy atom. The van der Waals surface area contributed by atoms with Crippen LogP contribution in [-0.2, 0) is 4.79 Å². The lowest BCUT2D eigenvalue weighted by molar-refractivity contribution is -0.123. The molecule has 3 aromatic rings. The van der Waals surface area contributed by atoms with Crippen molar-refractivity contribution in [1.29, 1.82) is 0 Å². The summed E-state index contributed by atoms with van der Waals surface area (Å²) in [5.74, 6) is 1.08. The lowest BCUT2D eigenvalue weighted by Gasteiger charge is -2.10. The summed E-state index contributed by atoms with van der Waals surface area (Å²) in [6, 6.07) is 15.8. The van der Waals surface area contributed by atoms with E-state index >= 15 is 0 Å². The molecule has 25 heavy (non-hydrogen) atoms. The quantitative estimate of drug-likeness (QED) is 0.728. The molecule has 0 saturated heterocycles. The zero-order valence-corrected chi connectivity index (χ0v) is 14.2. The molecule has 2 aromatic carbocycles. The molecule has 0 aliphatic carbocycles. The van der Waals surface area contributed by atoms with E-state index in [1.165, 1.54) is 0 Å². The minimum absolute atomic E-state index is 0.0936. The fraction of sp³-hybridized carbons (Fsp3) is 0.167. The Bertz CT molecular complexity index is 852. The van der Waals surface area contributed by atoms with Gasteiger partial charge in [0.15, 0.2) is 6.61 Å². The van der Waals surface area contributed by atoms with Gasteiger partial charge < -0.3 is 14.6 Å².